The van der Waals surface area contributed by atoms with Gasteiger partial charge in [-0.25, -0.2) is 0 Å². The van der Waals surface area contributed by atoms with Crippen LogP contribution in [0, 0.1) is 19.3 Å². The minimum Gasteiger partial charge on any atom is -0.490 e. The number of benzene rings is 1. The van der Waals surface area contributed by atoms with Gasteiger partial charge in [0.05, 0.1) is 6.54 Å². The van der Waals surface area contributed by atoms with E-state index in [1.165, 1.54) is 24.0 Å². The van der Waals surface area contributed by atoms with Gasteiger partial charge in [-0.1, -0.05) is 19.9 Å². The van der Waals surface area contributed by atoms with Crippen molar-refractivity contribution < 1.29 is 14.6 Å². The molecule has 2 fully saturated rings. The predicted molar refractivity (Wildman–Crippen MR) is 116 cm³/mol. The Bertz CT molecular complexity index is 723. The number of β-amino-alcohol motifs (C(OH)–C–C–N with tert-alkyl or cyclic N) is 1. The van der Waals surface area contributed by atoms with Gasteiger partial charge in [-0.2, -0.15) is 0 Å². The monoisotopic (exact) mass is 402 g/mol. The first-order valence-corrected chi connectivity index (χ1v) is 11.0. The third-order valence-corrected chi connectivity index (χ3v) is 6.90. The maximum Gasteiger partial charge on any atom is 0.219 e. The summed E-state index contributed by atoms with van der Waals surface area (Å²) in [5, 5.41) is 11.5. The van der Waals surface area contributed by atoms with E-state index in [0.29, 0.717) is 31.1 Å². The van der Waals surface area contributed by atoms with Gasteiger partial charge in [0.2, 0.25) is 5.91 Å². The second-order valence-corrected chi connectivity index (χ2v) is 10.1. The summed E-state index contributed by atoms with van der Waals surface area (Å²) in [4.78, 5) is 16.3. The summed E-state index contributed by atoms with van der Waals surface area (Å²) in [5.74, 6) is 0.785. The first-order chi connectivity index (χ1) is 13.6. The van der Waals surface area contributed by atoms with Gasteiger partial charge in [-0.3, -0.25) is 9.69 Å². The standard InChI is InChI=1S/C24H38N2O3/c1-18-6-7-22(14-19(18)2)29-17-24(28)15-25(20(3)27)12-13-26(16-24)21-8-10-23(4,5)11-9-21/h6-7,14,21,28H,8-13,15-17H2,1-5H3/t24-/m0/s1. The van der Waals surface area contributed by atoms with Crippen LogP contribution < -0.4 is 4.74 Å². The Labute approximate surface area is 176 Å². The van der Waals surface area contributed by atoms with Gasteiger partial charge in [0.1, 0.15) is 18.0 Å². The highest BCUT2D eigenvalue weighted by Crippen LogP contribution is 2.37. The zero-order valence-corrected chi connectivity index (χ0v) is 18.8. The van der Waals surface area contributed by atoms with Crippen LogP contribution in [0.25, 0.3) is 0 Å². The lowest BCUT2D eigenvalue weighted by Gasteiger charge is -2.41. The second-order valence-electron chi connectivity index (χ2n) is 10.1. The molecule has 1 heterocycles. The molecule has 1 saturated heterocycles. The predicted octanol–water partition coefficient (Wildman–Crippen LogP) is 3.55. The van der Waals surface area contributed by atoms with E-state index in [2.05, 4.69) is 32.6 Å². The number of hydrogen-bond donors (Lipinski definition) is 1. The smallest absolute Gasteiger partial charge is 0.219 e. The maximum absolute atomic E-state index is 12.1. The second kappa shape index (κ2) is 8.65. The molecular formula is C24H38N2O3. The molecule has 1 N–H and O–H groups in total. The summed E-state index contributed by atoms with van der Waals surface area (Å²) in [6.45, 7) is 13.0. The van der Waals surface area contributed by atoms with E-state index in [0.717, 1.165) is 25.1 Å². The van der Waals surface area contributed by atoms with Gasteiger partial charge in [0.25, 0.3) is 0 Å². The average Bonchev–Trinajstić information content (AvgIpc) is 2.83. The first kappa shape index (κ1) is 22.1. The number of ether oxygens (including phenoxy) is 1. The van der Waals surface area contributed by atoms with Gasteiger partial charge < -0.3 is 14.7 Å². The molecule has 1 saturated carbocycles. The molecule has 3 rings (SSSR count). The molecule has 2 aliphatic rings. The fourth-order valence-electron chi connectivity index (χ4n) is 4.63. The van der Waals surface area contributed by atoms with Crippen molar-refractivity contribution in [3.05, 3.63) is 29.3 Å². The fraction of sp³-hybridized carbons (Fsp3) is 0.708. The van der Waals surface area contributed by atoms with Crippen LogP contribution in [-0.4, -0.2) is 65.2 Å². The van der Waals surface area contributed by atoms with Crippen molar-refractivity contribution in [3.63, 3.8) is 0 Å². The molecule has 5 nitrogen and oxygen atoms in total. The quantitative estimate of drug-likeness (QED) is 0.837. The summed E-state index contributed by atoms with van der Waals surface area (Å²) in [6, 6.07) is 6.48. The van der Waals surface area contributed by atoms with Crippen LogP contribution >= 0.6 is 0 Å². The Morgan fingerprint density at radius 3 is 2.45 bits per heavy atom. The van der Waals surface area contributed by atoms with Crippen LogP contribution in [0.15, 0.2) is 18.2 Å². The highest BCUT2D eigenvalue weighted by atomic mass is 16.5. The van der Waals surface area contributed by atoms with Gasteiger partial charge in [0.15, 0.2) is 0 Å². The Hall–Kier alpha value is -1.59. The molecule has 1 aromatic carbocycles. The zero-order chi connectivity index (χ0) is 21.2. The van der Waals surface area contributed by atoms with Gasteiger partial charge >= 0.3 is 0 Å². The Morgan fingerprint density at radius 2 is 1.83 bits per heavy atom. The summed E-state index contributed by atoms with van der Waals surface area (Å²) < 4.78 is 6.02. The van der Waals surface area contributed by atoms with Crippen molar-refractivity contribution in [2.45, 2.75) is 71.9 Å². The van der Waals surface area contributed by atoms with E-state index in [-0.39, 0.29) is 12.5 Å². The molecule has 162 valence electrons. The molecule has 0 spiro atoms. The van der Waals surface area contributed by atoms with Gasteiger partial charge in [0, 0.05) is 32.6 Å². The Morgan fingerprint density at radius 1 is 1.14 bits per heavy atom. The summed E-state index contributed by atoms with van der Waals surface area (Å²) in [5.41, 5.74) is 1.73. The minimum atomic E-state index is -1.08. The van der Waals surface area contributed by atoms with Crippen LogP contribution in [0.1, 0.15) is 57.6 Å². The molecule has 1 aliphatic heterocycles. The van der Waals surface area contributed by atoms with Crippen molar-refractivity contribution in [2.75, 3.05) is 32.8 Å². The van der Waals surface area contributed by atoms with Crippen molar-refractivity contribution in [1.82, 2.24) is 9.80 Å². The van der Waals surface area contributed by atoms with Crippen molar-refractivity contribution in [2.24, 2.45) is 5.41 Å². The Balaban J connectivity index is 1.72. The average molecular weight is 403 g/mol. The number of aliphatic hydroxyl groups is 1. The van der Waals surface area contributed by atoms with E-state index < -0.39 is 5.60 Å². The lowest BCUT2D eigenvalue weighted by atomic mass is 9.75. The highest BCUT2D eigenvalue weighted by Gasteiger charge is 2.40. The van der Waals surface area contributed by atoms with E-state index in [4.69, 9.17) is 4.74 Å². The van der Waals surface area contributed by atoms with E-state index in [1.807, 2.05) is 18.2 Å². The zero-order valence-electron chi connectivity index (χ0n) is 18.8. The normalized spacial score (nSPS) is 26.2. The maximum atomic E-state index is 12.1. The minimum absolute atomic E-state index is 0.0150. The van der Waals surface area contributed by atoms with Crippen LogP contribution in [0.3, 0.4) is 0 Å². The number of hydrogen-bond acceptors (Lipinski definition) is 4. The lowest BCUT2D eigenvalue weighted by Crippen LogP contribution is -2.53. The first-order valence-electron chi connectivity index (χ1n) is 11.0. The summed E-state index contributed by atoms with van der Waals surface area (Å²) in [6.07, 6.45) is 4.73. The lowest BCUT2D eigenvalue weighted by molar-refractivity contribution is -0.132. The van der Waals surface area contributed by atoms with E-state index in [9.17, 15) is 9.90 Å². The van der Waals surface area contributed by atoms with Crippen LogP contribution in [0.2, 0.25) is 0 Å². The number of aryl methyl sites for hydroxylation is 2. The SMILES string of the molecule is CC(=O)N1CCN(C2CCC(C)(C)CC2)C[C@](O)(COc2ccc(C)c(C)c2)C1. The number of amides is 1. The third-order valence-electron chi connectivity index (χ3n) is 6.90. The number of nitrogens with zero attached hydrogens (tertiary/aromatic N) is 2. The Kier molecular flexibility index (Phi) is 6.59. The van der Waals surface area contributed by atoms with E-state index >= 15 is 0 Å². The third kappa shape index (κ3) is 5.73. The molecule has 1 aliphatic carbocycles. The van der Waals surface area contributed by atoms with Crippen LogP contribution in [-0.2, 0) is 4.79 Å². The number of carbonyl (C=O) groups excluding carboxylic acids is 1. The molecule has 29 heavy (non-hydrogen) atoms. The number of rotatable bonds is 4. The molecule has 0 unspecified atom stereocenters. The molecule has 0 radical (unpaired) electrons. The molecule has 5 heteroatoms. The van der Waals surface area contributed by atoms with Crippen molar-refractivity contribution in [1.29, 1.82) is 0 Å². The molecule has 1 amide bonds. The van der Waals surface area contributed by atoms with Crippen molar-refractivity contribution in [3.8, 4) is 5.75 Å². The van der Waals surface area contributed by atoms with Gasteiger partial charge in [-0.05, 0) is 68.2 Å². The summed E-state index contributed by atoms with van der Waals surface area (Å²) >= 11 is 0. The molecule has 1 aromatic rings. The molecule has 0 aromatic heterocycles. The number of carbonyl (C=O) groups is 1. The molecule has 0 bridgehead atoms. The van der Waals surface area contributed by atoms with Crippen molar-refractivity contribution >= 4 is 5.91 Å². The highest BCUT2D eigenvalue weighted by molar-refractivity contribution is 5.73. The van der Waals surface area contributed by atoms with Crippen LogP contribution in [0.5, 0.6) is 5.75 Å². The topological polar surface area (TPSA) is 53.0 Å². The molecule has 1 atom stereocenters. The van der Waals surface area contributed by atoms with Crippen LogP contribution in [0.4, 0.5) is 0 Å². The fourth-order valence-corrected chi connectivity index (χ4v) is 4.63. The van der Waals surface area contributed by atoms with Gasteiger partial charge in [-0.15, -0.1) is 0 Å². The summed E-state index contributed by atoms with van der Waals surface area (Å²) in [7, 11) is 0. The molecular weight excluding hydrogens is 364 g/mol. The van der Waals surface area contributed by atoms with E-state index in [1.54, 1.807) is 11.8 Å². The largest absolute Gasteiger partial charge is 0.490 e.